The van der Waals surface area contributed by atoms with E-state index in [2.05, 4.69) is 10.6 Å². The monoisotopic (exact) mass is 378 g/mol. The van der Waals surface area contributed by atoms with Crippen molar-refractivity contribution in [3.05, 3.63) is 0 Å². The Balaban J connectivity index is 3.07. The number of rotatable bonds is 18. The van der Waals surface area contributed by atoms with Gasteiger partial charge in [-0.15, -0.1) is 0 Å². The largest absolute Gasteiger partial charge is 0.379 e. The second kappa shape index (κ2) is 19.5. The lowest BCUT2D eigenvalue weighted by molar-refractivity contribution is -0.122. The zero-order chi connectivity index (χ0) is 18.6. The Bertz CT molecular complexity index is 332. The minimum Gasteiger partial charge on any atom is -0.379 e. The molecule has 0 rings (SSSR count). The number of hydrogen-bond acceptors (Lipinski definition) is 6. The number of unbranched alkanes of at least 4 members (excludes halogenated alkanes) is 4. The Kier molecular flexibility index (Phi) is 18.8. The van der Waals surface area contributed by atoms with Crippen molar-refractivity contribution in [3.8, 4) is 0 Å². The number of hydrogen-bond donors (Lipinski definition) is 2. The highest BCUT2D eigenvalue weighted by Crippen LogP contribution is 1.97. The molecule has 0 fully saturated rings. The van der Waals surface area contributed by atoms with Gasteiger partial charge in [0.05, 0.1) is 13.2 Å². The summed E-state index contributed by atoms with van der Waals surface area (Å²) in [7, 11) is 0. The predicted octanol–water partition coefficient (Wildman–Crippen LogP) is 1.91. The third kappa shape index (κ3) is 21.1. The van der Waals surface area contributed by atoms with Gasteiger partial charge in [-0.2, -0.15) is 0 Å². The molecule has 2 amide bonds. The molecule has 0 unspecified atom stereocenters. The van der Waals surface area contributed by atoms with Gasteiger partial charge in [0.1, 0.15) is 6.61 Å². The van der Waals surface area contributed by atoms with Crippen LogP contribution in [0.25, 0.3) is 0 Å². The molecule has 25 heavy (non-hydrogen) atoms. The fourth-order valence-corrected chi connectivity index (χ4v) is 2.21. The summed E-state index contributed by atoms with van der Waals surface area (Å²) in [5, 5.41) is 5.58. The summed E-state index contributed by atoms with van der Waals surface area (Å²) < 4.78 is 15.9. The predicted molar refractivity (Wildman–Crippen MR) is 101 cm³/mol. The van der Waals surface area contributed by atoms with E-state index in [-0.39, 0.29) is 18.4 Å². The van der Waals surface area contributed by atoms with Gasteiger partial charge in [0.15, 0.2) is 0 Å². The third-order valence-corrected chi connectivity index (χ3v) is 3.66. The molecular weight excluding hydrogens is 344 g/mol. The number of carbonyl (C=O) groups excluding carboxylic acids is 2. The first-order chi connectivity index (χ1) is 12.2. The molecule has 0 heterocycles. The number of carbonyl (C=O) groups is 2. The first-order valence-electron chi connectivity index (χ1n) is 8.99. The van der Waals surface area contributed by atoms with E-state index < -0.39 is 0 Å². The van der Waals surface area contributed by atoms with Crippen LogP contribution in [0, 0.1) is 0 Å². The van der Waals surface area contributed by atoms with E-state index >= 15 is 0 Å². The summed E-state index contributed by atoms with van der Waals surface area (Å²) in [6, 6.07) is 0. The average Bonchev–Trinajstić information content (AvgIpc) is 2.59. The molecule has 8 heteroatoms. The second-order valence-electron chi connectivity index (χ2n) is 5.61. The van der Waals surface area contributed by atoms with E-state index in [1.165, 1.54) is 19.0 Å². The van der Waals surface area contributed by atoms with Crippen molar-refractivity contribution >= 4 is 23.9 Å². The van der Waals surface area contributed by atoms with E-state index in [9.17, 15) is 9.59 Å². The van der Waals surface area contributed by atoms with Crippen LogP contribution in [-0.2, 0) is 23.2 Å². The SMILES string of the molecule is CSOCC(=O)NCCCCCOCCOCCCCCNC(C)=O. The molecule has 7 nitrogen and oxygen atoms in total. The molecule has 0 saturated heterocycles. The van der Waals surface area contributed by atoms with Gasteiger partial charge < -0.3 is 24.3 Å². The van der Waals surface area contributed by atoms with Crippen LogP contribution in [0.15, 0.2) is 0 Å². The van der Waals surface area contributed by atoms with Crippen LogP contribution in [0.2, 0.25) is 0 Å². The first kappa shape index (κ1) is 24.2. The Morgan fingerprint density at radius 2 is 1.36 bits per heavy atom. The van der Waals surface area contributed by atoms with E-state index in [0.29, 0.717) is 19.8 Å². The molecule has 0 aromatic carbocycles. The van der Waals surface area contributed by atoms with Crippen molar-refractivity contribution in [2.24, 2.45) is 0 Å². The topological polar surface area (TPSA) is 85.9 Å². The van der Waals surface area contributed by atoms with Crippen LogP contribution < -0.4 is 10.6 Å². The second-order valence-corrected chi connectivity index (χ2v) is 6.18. The van der Waals surface area contributed by atoms with Gasteiger partial charge in [-0.3, -0.25) is 9.59 Å². The van der Waals surface area contributed by atoms with Crippen LogP contribution in [0.5, 0.6) is 0 Å². The molecule has 2 N–H and O–H groups in total. The van der Waals surface area contributed by atoms with Crippen LogP contribution in [-0.4, -0.2) is 64.2 Å². The summed E-state index contributed by atoms with van der Waals surface area (Å²) in [6.45, 7) is 5.78. The number of amides is 2. The normalized spacial score (nSPS) is 10.6. The van der Waals surface area contributed by atoms with Crippen molar-refractivity contribution in [2.75, 3.05) is 52.4 Å². The average molecular weight is 379 g/mol. The zero-order valence-corrected chi connectivity index (χ0v) is 16.5. The standard InChI is InChI=1S/C17H34N2O5S/c1-16(20)18-9-5-3-7-11-22-13-14-23-12-8-4-6-10-19-17(21)15-24-25-2/h3-15H2,1-2H3,(H,18,20)(H,19,21). The van der Waals surface area contributed by atoms with Gasteiger partial charge in [0.2, 0.25) is 11.8 Å². The van der Waals surface area contributed by atoms with Crippen LogP contribution in [0.3, 0.4) is 0 Å². The van der Waals surface area contributed by atoms with Crippen LogP contribution in [0.4, 0.5) is 0 Å². The lowest BCUT2D eigenvalue weighted by atomic mass is 10.2. The van der Waals surface area contributed by atoms with Crippen molar-refractivity contribution in [2.45, 2.75) is 45.4 Å². The van der Waals surface area contributed by atoms with Crippen LogP contribution >= 0.6 is 12.0 Å². The smallest absolute Gasteiger partial charge is 0.247 e. The van der Waals surface area contributed by atoms with Gasteiger partial charge in [-0.25, -0.2) is 0 Å². The summed E-state index contributed by atoms with van der Waals surface area (Å²) in [4.78, 5) is 21.9. The Labute approximate surface area is 156 Å². The molecule has 0 atom stereocenters. The molecule has 0 radical (unpaired) electrons. The van der Waals surface area contributed by atoms with E-state index in [4.69, 9.17) is 13.7 Å². The molecule has 0 aliphatic carbocycles. The summed E-state index contributed by atoms with van der Waals surface area (Å²) in [5.74, 6) is -0.0447. The maximum Gasteiger partial charge on any atom is 0.247 e. The summed E-state index contributed by atoms with van der Waals surface area (Å²) in [6.07, 6.45) is 7.80. The molecule has 0 aromatic rings. The van der Waals surface area contributed by atoms with Crippen molar-refractivity contribution in [1.82, 2.24) is 10.6 Å². The van der Waals surface area contributed by atoms with E-state index in [0.717, 1.165) is 58.3 Å². The quantitative estimate of drug-likeness (QED) is 0.280. The highest BCUT2D eigenvalue weighted by Gasteiger charge is 1.99. The minimum atomic E-state index is -0.0714. The highest BCUT2D eigenvalue weighted by atomic mass is 32.2. The third-order valence-electron chi connectivity index (χ3n) is 3.31. The summed E-state index contributed by atoms with van der Waals surface area (Å²) in [5.41, 5.74) is 0. The molecule has 0 aromatic heterocycles. The lowest BCUT2D eigenvalue weighted by Gasteiger charge is -2.07. The van der Waals surface area contributed by atoms with Gasteiger partial charge in [0.25, 0.3) is 0 Å². The maximum atomic E-state index is 11.3. The highest BCUT2D eigenvalue weighted by molar-refractivity contribution is 7.93. The van der Waals surface area contributed by atoms with Crippen LogP contribution in [0.1, 0.15) is 45.4 Å². The molecule has 0 aliphatic rings. The Morgan fingerprint density at radius 3 is 1.88 bits per heavy atom. The van der Waals surface area contributed by atoms with Gasteiger partial charge in [-0.05, 0) is 50.6 Å². The zero-order valence-electron chi connectivity index (χ0n) is 15.6. The van der Waals surface area contributed by atoms with Gasteiger partial charge >= 0.3 is 0 Å². The lowest BCUT2D eigenvalue weighted by Crippen LogP contribution is -2.27. The van der Waals surface area contributed by atoms with Crippen molar-refractivity contribution < 1.29 is 23.2 Å². The number of nitrogens with one attached hydrogen (secondary N) is 2. The fraction of sp³-hybridized carbons (Fsp3) is 0.882. The molecule has 0 saturated carbocycles. The van der Waals surface area contributed by atoms with Gasteiger partial charge in [0, 0.05) is 39.5 Å². The Morgan fingerprint density at radius 1 is 0.800 bits per heavy atom. The Hall–Kier alpha value is -0.830. The maximum absolute atomic E-state index is 11.3. The van der Waals surface area contributed by atoms with Crippen molar-refractivity contribution in [3.63, 3.8) is 0 Å². The molecule has 0 spiro atoms. The number of ether oxygens (including phenoxy) is 2. The van der Waals surface area contributed by atoms with E-state index in [1.54, 1.807) is 6.26 Å². The van der Waals surface area contributed by atoms with E-state index in [1.807, 2.05) is 0 Å². The minimum absolute atomic E-state index is 0.0268. The molecule has 148 valence electrons. The summed E-state index contributed by atoms with van der Waals surface area (Å²) >= 11 is 1.19. The van der Waals surface area contributed by atoms with Crippen molar-refractivity contribution in [1.29, 1.82) is 0 Å². The van der Waals surface area contributed by atoms with Gasteiger partial charge in [-0.1, -0.05) is 0 Å². The molecule has 0 bridgehead atoms. The molecule has 0 aliphatic heterocycles. The molecular formula is C17H34N2O5S. The fourth-order valence-electron chi connectivity index (χ4n) is 1.99. The first-order valence-corrected chi connectivity index (χ1v) is 10.1.